The van der Waals surface area contributed by atoms with Gasteiger partial charge in [-0.25, -0.2) is 30.9 Å². The molecule has 12 heteroatoms. The third kappa shape index (κ3) is 5.96. The molecule has 2 fully saturated rings. The fourth-order valence-corrected chi connectivity index (χ4v) is 8.25. The molecule has 2 aliphatic heterocycles. The van der Waals surface area contributed by atoms with Crippen LogP contribution in [-0.2, 0) is 29.7 Å². The molecule has 226 valence electrons. The fraction of sp³-hybridized carbons (Fsp3) is 0.323. The summed E-state index contributed by atoms with van der Waals surface area (Å²) in [5.41, 5.74) is 3.25. The van der Waals surface area contributed by atoms with Gasteiger partial charge >= 0.3 is 0 Å². The molecule has 2 aliphatic rings. The molecule has 0 amide bonds. The Kier molecular flexibility index (Phi) is 8.34. The van der Waals surface area contributed by atoms with E-state index in [4.69, 9.17) is 4.74 Å². The topological polar surface area (TPSA) is 74.8 Å². The van der Waals surface area contributed by atoms with E-state index < -0.39 is 32.4 Å². The van der Waals surface area contributed by atoms with Crippen LogP contribution >= 0.6 is 11.3 Å². The van der Waals surface area contributed by atoms with Crippen molar-refractivity contribution >= 4 is 32.9 Å². The first-order valence-corrected chi connectivity index (χ1v) is 16.4. The molecule has 2 saturated heterocycles. The van der Waals surface area contributed by atoms with Crippen LogP contribution in [-0.4, -0.2) is 37.5 Å². The summed E-state index contributed by atoms with van der Waals surface area (Å²) in [6, 6.07) is 14.5. The highest BCUT2D eigenvalue weighted by Gasteiger charge is 2.39. The van der Waals surface area contributed by atoms with Crippen molar-refractivity contribution < 1.29 is 26.3 Å². The SMILES string of the molecule is COc1ccc(CN(c2cscn2)S(=O)(=O)c2c(F)cc(NCc3c(F)cccc3CN3C4CCC3CC4)cc2F)cc1. The molecule has 43 heavy (non-hydrogen) atoms. The van der Waals surface area contributed by atoms with Gasteiger partial charge in [-0.05, 0) is 67.1 Å². The Labute approximate surface area is 253 Å². The molecule has 0 aliphatic carbocycles. The summed E-state index contributed by atoms with van der Waals surface area (Å²) in [5.74, 6) is -2.31. The Bertz CT molecular complexity index is 1660. The Morgan fingerprint density at radius 1 is 1.00 bits per heavy atom. The number of anilines is 2. The van der Waals surface area contributed by atoms with Gasteiger partial charge in [0.2, 0.25) is 0 Å². The molecule has 0 radical (unpaired) electrons. The van der Waals surface area contributed by atoms with E-state index >= 15 is 8.78 Å². The van der Waals surface area contributed by atoms with Crippen molar-refractivity contribution in [1.82, 2.24) is 9.88 Å². The number of ether oxygens (including phenoxy) is 1. The first-order valence-electron chi connectivity index (χ1n) is 14.0. The molecule has 7 nitrogen and oxygen atoms in total. The predicted octanol–water partition coefficient (Wildman–Crippen LogP) is 6.70. The standard InChI is InChI=1S/C31H31F3N4O3S2/c1-41-25-11-5-20(6-12-25)16-38(30-18-42-19-36-30)43(39,40)31-28(33)13-22(14-29(31)34)35-15-26-21(3-2-4-27(26)32)17-37-23-7-8-24(37)10-9-23/h2-6,11-14,18-19,23-24,35H,7-10,15-17H2,1H3. The van der Waals surface area contributed by atoms with E-state index in [1.807, 2.05) is 6.07 Å². The maximum atomic E-state index is 15.5. The second kappa shape index (κ2) is 12.2. The number of methoxy groups -OCH3 is 1. The monoisotopic (exact) mass is 628 g/mol. The molecule has 0 atom stereocenters. The average molecular weight is 629 g/mol. The van der Waals surface area contributed by atoms with Crippen LogP contribution in [0.2, 0.25) is 0 Å². The molecular weight excluding hydrogens is 597 g/mol. The van der Waals surface area contributed by atoms with Crippen molar-refractivity contribution in [3.8, 4) is 5.75 Å². The van der Waals surface area contributed by atoms with E-state index in [2.05, 4.69) is 15.2 Å². The van der Waals surface area contributed by atoms with Gasteiger partial charge in [0.1, 0.15) is 23.2 Å². The Morgan fingerprint density at radius 3 is 2.28 bits per heavy atom. The van der Waals surface area contributed by atoms with E-state index in [0.29, 0.717) is 35.5 Å². The molecule has 1 aromatic heterocycles. The zero-order valence-corrected chi connectivity index (χ0v) is 25.1. The summed E-state index contributed by atoms with van der Waals surface area (Å²) < 4.78 is 79.4. The first-order chi connectivity index (χ1) is 20.7. The second-order valence-electron chi connectivity index (χ2n) is 10.8. The molecule has 0 spiro atoms. The number of aromatic nitrogens is 1. The Hall–Kier alpha value is -3.61. The van der Waals surface area contributed by atoms with Crippen LogP contribution in [0.5, 0.6) is 5.75 Å². The predicted molar refractivity (Wildman–Crippen MR) is 160 cm³/mol. The van der Waals surface area contributed by atoms with Crippen molar-refractivity contribution in [3.05, 3.63) is 99.6 Å². The van der Waals surface area contributed by atoms with Gasteiger partial charge < -0.3 is 10.1 Å². The summed E-state index contributed by atoms with van der Waals surface area (Å²) >= 11 is 1.16. The van der Waals surface area contributed by atoms with Crippen LogP contribution in [0.4, 0.5) is 24.7 Å². The highest BCUT2D eigenvalue weighted by Crippen LogP contribution is 2.39. The number of hydrogen-bond donors (Lipinski definition) is 1. The van der Waals surface area contributed by atoms with Gasteiger partial charge in [0.15, 0.2) is 10.7 Å². The highest BCUT2D eigenvalue weighted by atomic mass is 32.2. The van der Waals surface area contributed by atoms with E-state index in [1.165, 1.54) is 24.1 Å². The van der Waals surface area contributed by atoms with E-state index in [9.17, 15) is 12.8 Å². The van der Waals surface area contributed by atoms with Crippen molar-refractivity contribution in [2.75, 3.05) is 16.7 Å². The third-order valence-corrected chi connectivity index (χ3v) is 10.7. The number of hydrogen-bond acceptors (Lipinski definition) is 7. The number of nitrogens with zero attached hydrogens (tertiary/aromatic N) is 3. The van der Waals surface area contributed by atoms with Gasteiger partial charge in [-0.15, -0.1) is 11.3 Å². The fourth-order valence-electron chi connectivity index (χ4n) is 6.15. The van der Waals surface area contributed by atoms with Crippen molar-refractivity contribution in [3.63, 3.8) is 0 Å². The third-order valence-electron chi connectivity index (χ3n) is 8.35. The normalized spacial score (nSPS) is 18.2. The number of benzene rings is 3. The van der Waals surface area contributed by atoms with Crippen LogP contribution in [0, 0.1) is 17.5 Å². The molecule has 3 aromatic carbocycles. The molecule has 3 heterocycles. The first kappa shape index (κ1) is 29.5. The van der Waals surface area contributed by atoms with Gasteiger partial charge in [0, 0.05) is 41.8 Å². The number of thiazole rings is 1. The van der Waals surface area contributed by atoms with Crippen molar-refractivity contribution in [1.29, 1.82) is 0 Å². The Balaban J connectivity index is 1.24. The minimum absolute atomic E-state index is 0.000224. The maximum Gasteiger partial charge on any atom is 0.271 e. The van der Waals surface area contributed by atoms with Crippen LogP contribution < -0.4 is 14.4 Å². The quantitative estimate of drug-likeness (QED) is 0.199. The van der Waals surface area contributed by atoms with Gasteiger partial charge in [0.05, 0.1) is 19.2 Å². The highest BCUT2D eigenvalue weighted by molar-refractivity contribution is 7.92. The summed E-state index contributed by atoms with van der Waals surface area (Å²) in [4.78, 5) is 5.43. The van der Waals surface area contributed by atoms with Crippen molar-refractivity contribution in [2.45, 2.75) is 62.3 Å². The van der Waals surface area contributed by atoms with E-state index in [1.54, 1.807) is 30.3 Å². The molecule has 0 saturated carbocycles. The lowest BCUT2D eigenvalue weighted by atomic mass is 10.0. The summed E-state index contributed by atoms with van der Waals surface area (Å²) in [6.45, 7) is 0.396. The van der Waals surface area contributed by atoms with Crippen LogP contribution in [0.15, 0.2) is 70.4 Å². The van der Waals surface area contributed by atoms with Crippen LogP contribution in [0.3, 0.4) is 0 Å². The van der Waals surface area contributed by atoms with Gasteiger partial charge in [-0.3, -0.25) is 4.90 Å². The smallest absolute Gasteiger partial charge is 0.271 e. The molecule has 2 bridgehead atoms. The number of halogens is 3. The lowest BCUT2D eigenvalue weighted by Crippen LogP contribution is -2.32. The summed E-state index contributed by atoms with van der Waals surface area (Å²) in [7, 11) is -3.20. The zero-order valence-electron chi connectivity index (χ0n) is 23.5. The van der Waals surface area contributed by atoms with Crippen molar-refractivity contribution in [2.24, 2.45) is 0 Å². The average Bonchev–Trinajstić information content (AvgIpc) is 3.74. The van der Waals surface area contributed by atoms with Crippen LogP contribution in [0.1, 0.15) is 42.4 Å². The minimum Gasteiger partial charge on any atom is -0.497 e. The number of sulfonamides is 1. The molecule has 0 unspecified atom stereocenters. The largest absolute Gasteiger partial charge is 0.497 e. The van der Waals surface area contributed by atoms with E-state index in [-0.39, 0.29) is 24.6 Å². The number of fused-ring (bicyclic) bond motifs is 2. The zero-order chi connectivity index (χ0) is 30.1. The van der Waals surface area contributed by atoms with Crippen LogP contribution in [0.25, 0.3) is 0 Å². The lowest BCUT2D eigenvalue weighted by Gasteiger charge is -2.24. The maximum absolute atomic E-state index is 15.5. The van der Waals surface area contributed by atoms with Gasteiger partial charge in [0.25, 0.3) is 10.0 Å². The van der Waals surface area contributed by atoms with Gasteiger partial charge in [-0.2, -0.15) is 0 Å². The summed E-state index contributed by atoms with van der Waals surface area (Å²) in [5, 5.41) is 4.40. The molecule has 4 aromatic rings. The molecule has 6 rings (SSSR count). The second-order valence-corrected chi connectivity index (χ2v) is 13.4. The summed E-state index contributed by atoms with van der Waals surface area (Å²) in [6.07, 6.45) is 4.62. The van der Waals surface area contributed by atoms with Gasteiger partial charge in [-0.1, -0.05) is 24.3 Å². The molecule has 1 N–H and O–H groups in total. The lowest BCUT2D eigenvalue weighted by molar-refractivity contribution is 0.243. The Morgan fingerprint density at radius 2 is 1.67 bits per heavy atom. The number of nitrogens with one attached hydrogen (secondary N) is 1. The van der Waals surface area contributed by atoms with E-state index in [0.717, 1.165) is 59.0 Å². The number of rotatable bonds is 11. The minimum atomic E-state index is -4.71. The molecular formula is C31H31F3N4O3S2.